The maximum absolute atomic E-state index is 12.1. The van der Waals surface area contributed by atoms with Crippen LogP contribution >= 0.6 is 12.2 Å². The van der Waals surface area contributed by atoms with Gasteiger partial charge in [0.05, 0.1) is 0 Å². The van der Waals surface area contributed by atoms with Gasteiger partial charge in [0, 0.05) is 7.05 Å². The standard InChI is InChI=1S/C10H14N2O2S/c1-5-10(6(2)3)7(13)11-9(15)12(4)8(10)14/h2,5H2,1,3-4H3,(H,11,13,15). The number of hydrogen-bond acceptors (Lipinski definition) is 3. The summed E-state index contributed by atoms with van der Waals surface area (Å²) in [5.41, 5.74) is -0.612. The third-order valence-electron chi connectivity index (χ3n) is 2.84. The Morgan fingerprint density at radius 1 is 1.60 bits per heavy atom. The van der Waals surface area contributed by atoms with E-state index in [2.05, 4.69) is 11.9 Å². The molecule has 1 rings (SSSR count). The number of amides is 2. The second-order valence-corrected chi connectivity index (χ2v) is 4.05. The lowest BCUT2D eigenvalue weighted by atomic mass is 9.76. The minimum Gasteiger partial charge on any atom is -0.301 e. The van der Waals surface area contributed by atoms with E-state index in [1.807, 2.05) is 0 Å². The van der Waals surface area contributed by atoms with Crippen molar-refractivity contribution in [1.82, 2.24) is 10.2 Å². The van der Waals surface area contributed by atoms with E-state index >= 15 is 0 Å². The molecule has 15 heavy (non-hydrogen) atoms. The van der Waals surface area contributed by atoms with Gasteiger partial charge in [0.2, 0.25) is 11.8 Å². The molecule has 1 fully saturated rings. The summed E-state index contributed by atoms with van der Waals surface area (Å²) in [5, 5.41) is 2.67. The molecule has 0 aromatic carbocycles. The van der Waals surface area contributed by atoms with Crippen LogP contribution in [0.3, 0.4) is 0 Å². The maximum Gasteiger partial charge on any atom is 0.248 e. The van der Waals surface area contributed by atoms with Crippen molar-refractivity contribution in [3.63, 3.8) is 0 Å². The molecule has 2 amide bonds. The molecule has 82 valence electrons. The highest BCUT2D eigenvalue weighted by Gasteiger charge is 2.51. The van der Waals surface area contributed by atoms with E-state index < -0.39 is 5.41 Å². The van der Waals surface area contributed by atoms with Gasteiger partial charge in [0.1, 0.15) is 5.41 Å². The zero-order valence-electron chi connectivity index (χ0n) is 9.09. The average molecular weight is 226 g/mol. The topological polar surface area (TPSA) is 49.4 Å². The summed E-state index contributed by atoms with van der Waals surface area (Å²) in [4.78, 5) is 25.2. The molecule has 4 nitrogen and oxygen atoms in total. The van der Waals surface area contributed by atoms with Crippen LogP contribution in [0.15, 0.2) is 12.2 Å². The molecular weight excluding hydrogens is 212 g/mol. The quantitative estimate of drug-likeness (QED) is 0.431. The number of hydrogen-bond donors (Lipinski definition) is 1. The zero-order valence-corrected chi connectivity index (χ0v) is 9.90. The predicted molar refractivity (Wildman–Crippen MR) is 61.0 cm³/mol. The van der Waals surface area contributed by atoms with Crippen LogP contribution in [0.4, 0.5) is 0 Å². The SMILES string of the molecule is C=C(C)C1(CC)C(=O)NC(=S)N(C)C1=O. The molecular formula is C10H14N2O2S. The van der Waals surface area contributed by atoms with Crippen LogP contribution in [-0.4, -0.2) is 28.9 Å². The Kier molecular flexibility index (Phi) is 2.95. The Morgan fingerprint density at radius 3 is 2.53 bits per heavy atom. The van der Waals surface area contributed by atoms with Gasteiger partial charge in [0.15, 0.2) is 5.11 Å². The van der Waals surface area contributed by atoms with Gasteiger partial charge < -0.3 is 5.32 Å². The van der Waals surface area contributed by atoms with Gasteiger partial charge in [0.25, 0.3) is 0 Å². The van der Waals surface area contributed by atoms with Gasteiger partial charge in [-0.25, -0.2) is 0 Å². The minimum absolute atomic E-state index is 0.148. The molecule has 0 aromatic rings. The number of carbonyl (C=O) groups is 2. The molecule has 1 aliphatic rings. The lowest BCUT2D eigenvalue weighted by molar-refractivity contribution is -0.146. The number of nitrogens with one attached hydrogen (secondary N) is 1. The van der Waals surface area contributed by atoms with E-state index in [9.17, 15) is 9.59 Å². The van der Waals surface area contributed by atoms with Crippen molar-refractivity contribution in [1.29, 1.82) is 0 Å². The van der Waals surface area contributed by atoms with Crippen LogP contribution in [0.25, 0.3) is 0 Å². The highest BCUT2D eigenvalue weighted by molar-refractivity contribution is 7.80. The van der Waals surface area contributed by atoms with E-state index in [0.717, 1.165) is 0 Å². The fraction of sp³-hybridized carbons (Fsp3) is 0.500. The van der Waals surface area contributed by atoms with E-state index in [0.29, 0.717) is 12.0 Å². The summed E-state index contributed by atoms with van der Waals surface area (Å²) in [7, 11) is 1.55. The average Bonchev–Trinajstić information content (AvgIpc) is 2.15. The second-order valence-electron chi connectivity index (χ2n) is 3.66. The summed E-state index contributed by atoms with van der Waals surface area (Å²) in [6.45, 7) is 7.20. The summed E-state index contributed by atoms with van der Waals surface area (Å²) in [5.74, 6) is -0.670. The van der Waals surface area contributed by atoms with Crippen molar-refractivity contribution in [2.45, 2.75) is 20.3 Å². The number of carbonyl (C=O) groups excluding carboxylic acids is 2. The Labute approximate surface area is 94.3 Å². The highest BCUT2D eigenvalue weighted by Crippen LogP contribution is 2.34. The van der Waals surface area contributed by atoms with Crippen LogP contribution in [0, 0.1) is 5.41 Å². The van der Waals surface area contributed by atoms with Crippen molar-refractivity contribution in [3.05, 3.63) is 12.2 Å². The maximum atomic E-state index is 12.1. The third kappa shape index (κ3) is 1.47. The molecule has 0 spiro atoms. The summed E-state index contributed by atoms with van der Waals surface area (Å²) in [6.07, 6.45) is 0.389. The first kappa shape index (κ1) is 11.8. The van der Waals surface area contributed by atoms with Crippen LogP contribution in [0.1, 0.15) is 20.3 Å². The molecule has 1 saturated heterocycles. The van der Waals surface area contributed by atoms with Crippen LogP contribution < -0.4 is 5.32 Å². The number of rotatable bonds is 2. The molecule has 1 atom stereocenters. The van der Waals surface area contributed by atoms with Crippen LogP contribution in [-0.2, 0) is 9.59 Å². The Morgan fingerprint density at radius 2 is 2.13 bits per heavy atom. The largest absolute Gasteiger partial charge is 0.301 e. The molecule has 0 aromatic heterocycles. The van der Waals surface area contributed by atoms with Gasteiger partial charge >= 0.3 is 0 Å². The van der Waals surface area contributed by atoms with Gasteiger partial charge in [-0.1, -0.05) is 19.1 Å². The first-order valence-corrected chi connectivity index (χ1v) is 5.08. The predicted octanol–water partition coefficient (Wildman–Crippen LogP) is 0.832. The number of nitrogens with zero attached hydrogens (tertiary/aromatic N) is 1. The zero-order chi connectivity index (χ0) is 11.8. The van der Waals surface area contributed by atoms with Crippen LogP contribution in [0.2, 0.25) is 0 Å². The number of thiocarbonyl (C=S) groups is 1. The van der Waals surface area contributed by atoms with Gasteiger partial charge in [-0.05, 0) is 25.6 Å². The van der Waals surface area contributed by atoms with E-state index in [1.54, 1.807) is 20.9 Å². The monoisotopic (exact) mass is 226 g/mol. The molecule has 5 heteroatoms. The normalized spacial score (nSPS) is 26.6. The van der Waals surface area contributed by atoms with Crippen molar-refractivity contribution < 1.29 is 9.59 Å². The minimum atomic E-state index is -1.16. The van der Waals surface area contributed by atoms with E-state index in [4.69, 9.17) is 12.2 Å². The van der Waals surface area contributed by atoms with Gasteiger partial charge in [-0.2, -0.15) is 0 Å². The molecule has 0 saturated carbocycles. The molecule has 0 bridgehead atoms. The van der Waals surface area contributed by atoms with Crippen molar-refractivity contribution >= 4 is 29.1 Å². The fourth-order valence-electron chi connectivity index (χ4n) is 1.75. The first-order valence-electron chi connectivity index (χ1n) is 4.67. The smallest absolute Gasteiger partial charge is 0.248 e. The summed E-state index contributed by atoms with van der Waals surface area (Å²) >= 11 is 4.86. The molecule has 1 heterocycles. The Hall–Kier alpha value is -1.23. The van der Waals surface area contributed by atoms with Gasteiger partial charge in [-0.3, -0.25) is 14.5 Å². The Bertz CT molecular complexity index is 364. The van der Waals surface area contributed by atoms with Crippen LogP contribution in [0.5, 0.6) is 0 Å². The lowest BCUT2D eigenvalue weighted by Crippen LogP contribution is -2.62. The first-order chi connectivity index (χ1) is 6.87. The molecule has 0 aliphatic carbocycles. The fourth-order valence-corrected chi connectivity index (χ4v) is 1.93. The lowest BCUT2D eigenvalue weighted by Gasteiger charge is -2.39. The van der Waals surface area contributed by atoms with E-state index in [1.165, 1.54) is 4.90 Å². The van der Waals surface area contributed by atoms with Gasteiger partial charge in [-0.15, -0.1) is 0 Å². The molecule has 1 unspecified atom stereocenters. The summed E-state index contributed by atoms with van der Waals surface area (Å²) in [6, 6.07) is 0. The summed E-state index contributed by atoms with van der Waals surface area (Å²) < 4.78 is 0. The van der Waals surface area contributed by atoms with Crippen molar-refractivity contribution in [2.75, 3.05) is 7.05 Å². The Balaban J connectivity index is 3.27. The molecule has 1 aliphatic heterocycles. The van der Waals surface area contributed by atoms with Crippen molar-refractivity contribution in [2.24, 2.45) is 5.41 Å². The highest BCUT2D eigenvalue weighted by atomic mass is 32.1. The van der Waals surface area contributed by atoms with E-state index in [-0.39, 0.29) is 16.9 Å². The molecule has 0 radical (unpaired) electrons. The molecule has 1 N–H and O–H groups in total. The third-order valence-corrected chi connectivity index (χ3v) is 3.22. The second kappa shape index (κ2) is 3.73. The van der Waals surface area contributed by atoms with Crippen molar-refractivity contribution in [3.8, 4) is 0 Å².